The van der Waals surface area contributed by atoms with Crippen molar-refractivity contribution in [2.45, 2.75) is 26.0 Å². The highest BCUT2D eigenvalue weighted by Crippen LogP contribution is 2.23. The number of esters is 2. The number of aryl methyl sites for hydroxylation is 1. The Hall–Kier alpha value is -2.80. The van der Waals surface area contributed by atoms with Crippen molar-refractivity contribution in [2.75, 3.05) is 13.7 Å². The van der Waals surface area contributed by atoms with Crippen LogP contribution in [0.5, 0.6) is 5.75 Å². The highest BCUT2D eigenvalue weighted by atomic mass is 35.5. The number of methoxy groups -OCH3 is 1. The molecule has 7 nitrogen and oxygen atoms in total. The van der Waals surface area contributed by atoms with Crippen LogP contribution in [-0.2, 0) is 25.6 Å². The molecule has 0 bridgehead atoms. The first-order valence-corrected chi connectivity index (χ1v) is 8.77. The lowest BCUT2D eigenvalue weighted by atomic mass is 10.2. The fourth-order valence-electron chi connectivity index (χ4n) is 2.72. The molecule has 142 valence electrons. The molecule has 0 amide bonds. The maximum Gasteiger partial charge on any atom is 0.347 e. The van der Waals surface area contributed by atoms with Crippen LogP contribution in [0.2, 0.25) is 5.15 Å². The molecule has 8 heteroatoms. The van der Waals surface area contributed by atoms with E-state index in [4.69, 9.17) is 25.8 Å². The van der Waals surface area contributed by atoms with Gasteiger partial charge in [-0.3, -0.25) is 0 Å². The summed E-state index contributed by atoms with van der Waals surface area (Å²) in [5.74, 6) is -0.396. The van der Waals surface area contributed by atoms with E-state index < -0.39 is 18.0 Å². The first-order chi connectivity index (χ1) is 13.0. The molecule has 0 spiro atoms. The van der Waals surface area contributed by atoms with E-state index in [0.29, 0.717) is 29.4 Å². The third-order valence-corrected chi connectivity index (χ3v) is 4.51. The number of halogens is 1. The smallest absolute Gasteiger partial charge is 0.347 e. The number of benzene rings is 1. The largest absolute Gasteiger partial charge is 0.497 e. The average Bonchev–Trinajstić information content (AvgIpc) is 3.16. The van der Waals surface area contributed by atoms with E-state index in [2.05, 4.69) is 5.10 Å². The van der Waals surface area contributed by atoms with E-state index in [1.165, 1.54) is 12.2 Å². The van der Waals surface area contributed by atoms with Crippen molar-refractivity contribution < 1.29 is 23.8 Å². The molecule has 2 aromatic rings. The van der Waals surface area contributed by atoms with E-state index in [0.717, 1.165) is 11.3 Å². The van der Waals surface area contributed by atoms with Gasteiger partial charge in [0.15, 0.2) is 0 Å². The predicted molar refractivity (Wildman–Crippen MR) is 98.6 cm³/mol. The molecule has 1 atom stereocenters. The number of rotatable bonds is 6. The van der Waals surface area contributed by atoms with Crippen molar-refractivity contribution in [1.29, 1.82) is 0 Å². The summed E-state index contributed by atoms with van der Waals surface area (Å²) in [5.41, 5.74) is 2.27. The van der Waals surface area contributed by atoms with Crippen molar-refractivity contribution in [2.24, 2.45) is 0 Å². The topological polar surface area (TPSA) is 79.7 Å². The van der Waals surface area contributed by atoms with Crippen molar-refractivity contribution >= 4 is 29.6 Å². The third-order valence-electron chi connectivity index (χ3n) is 4.11. The normalized spacial score (nSPS) is 16.6. The number of carbonyl (C=O) groups is 2. The van der Waals surface area contributed by atoms with Crippen LogP contribution in [0, 0.1) is 6.92 Å². The Morgan fingerprint density at radius 2 is 2.30 bits per heavy atom. The number of hydrogen-bond acceptors (Lipinski definition) is 6. The van der Waals surface area contributed by atoms with Crippen LogP contribution in [0.15, 0.2) is 30.3 Å². The molecule has 1 fully saturated rings. The molecule has 0 radical (unpaired) electrons. The molecule has 0 N–H and O–H groups in total. The van der Waals surface area contributed by atoms with Crippen LogP contribution >= 0.6 is 11.6 Å². The predicted octanol–water partition coefficient (Wildman–Crippen LogP) is 2.77. The van der Waals surface area contributed by atoms with E-state index >= 15 is 0 Å². The van der Waals surface area contributed by atoms with E-state index in [-0.39, 0.29) is 6.61 Å². The maximum atomic E-state index is 11.9. The second-order valence-corrected chi connectivity index (χ2v) is 6.37. The molecule has 1 aromatic carbocycles. The summed E-state index contributed by atoms with van der Waals surface area (Å²) < 4.78 is 16.7. The summed E-state index contributed by atoms with van der Waals surface area (Å²) in [6.07, 6.45) is 2.30. The van der Waals surface area contributed by atoms with Crippen LogP contribution in [-0.4, -0.2) is 41.5 Å². The molecule has 0 saturated carbocycles. The zero-order valence-corrected chi connectivity index (χ0v) is 15.7. The Kier molecular flexibility index (Phi) is 5.81. The van der Waals surface area contributed by atoms with Crippen LogP contribution in [0.3, 0.4) is 0 Å². The fraction of sp³-hybridized carbons (Fsp3) is 0.316. The Balaban J connectivity index is 1.71. The van der Waals surface area contributed by atoms with Gasteiger partial charge in [0, 0.05) is 18.1 Å². The molecule has 1 saturated heterocycles. The fourth-order valence-corrected chi connectivity index (χ4v) is 3.02. The minimum absolute atomic E-state index is 0.266. The minimum Gasteiger partial charge on any atom is -0.497 e. The summed E-state index contributed by atoms with van der Waals surface area (Å²) >= 11 is 6.42. The maximum absolute atomic E-state index is 11.9. The molecule has 0 aliphatic carbocycles. The minimum atomic E-state index is -0.838. The Labute approximate surface area is 161 Å². The molecule has 3 rings (SSSR count). The number of aromatic nitrogens is 2. The molecule has 1 aliphatic heterocycles. The quantitative estimate of drug-likeness (QED) is 0.557. The lowest BCUT2D eigenvalue weighted by Crippen LogP contribution is -2.21. The van der Waals surface area contributed by atoms with Gasteiger partial charge < -0.3 is 14.2 Å². The zero-order valence-electron chi connectivity index (χ0n) is 15.0. The van der Waals surface area contributed by atoms with Gasteiger partial charge in [0.2, 0.25) is 6.10 Å². The van der Waals surface area contributed by atoms with Gasteiger partial charge >= 0.3 is 11.9 Å². The summed E-state index contributed by atoms with van der Waals surface area (Å²) in [6, 6.07) is 7.60. The van der Waals surface area contributed by atoms with Crippen molar-refractivity contribution in [3.05, 3.63) is 52.3 Å². The van der Waals surface area contributed by atoms with Gasteiger partial charge in [0.05, 0.1) is 26.0 Å². The van der Waals surface area contributed by atoms with E-state index in [1.54, 1.807) is 18.7 Å². The van der Waals surface area contributed by atoms with Gasteiger partial charge in [-0.2, -0.15) is 5.10 Å². The lowest BCUT2D eigenvalue weighted by Gasteiger charge is -2.06. The number of ether oxygens (including phenoxy) is 3. The molecule has 27 heavy (non-hydrogen) atoms. The third kappa shape index (κ3) is 4.49. The summed E-state index contributed by atoms with van der Waals surface area (Å²) in [4.78, 5) is 23.3. The molecular weight excluding hydrogens is 372 g/mol. The second kappa shape index (κ2) is 8.26. The summed E-state index contributed by atoms with van der Waals surface area (Å²) in [6.45, 7) is 2.53. The first kappa shape index (κ1) is 19.0. The Morgan fingerprint density at radius 3 is 3.00 bits per heavy atom. The van der Waals surface area contributed by atoms with Crippen molar-refractivity contribution in [1.82, 2.24) is 9.78 Å². The van der Waals surface area contributed by atoms with Crippen LogP contribution < -0.4 is 4.74 Å². The van der Waals surface area contributed by atoms with Gasteiger partial charge in [-0.15, -0.1) is 0 Å². The van der Waals surface area contributed by atoms with Gasteiger partial charge in [-0.1, -0.05) is 23.7 Å². The average molecular weight is 391 g/mol. The number of hydrogen-bond donors (Lipinski definition) is 0. The summed E-state index contributed by atoms with van der Waals surface area (Å²) in [7, 11) is 1.61. The van der Waals surface area contributed by atoms with E-state index in [1.807, 2.05) is 24.3 Å². The molecule has 2 heterocycles. The molecular formula is C19H19ClN2O5. The van der Waals surface area contributed by atoms with Crippen molar-refractivity contribution in [3.8, 4) is 5.75 Å². The van der Waals surface area contributed by atoms with Gasteiger partial charge in [-0.25, -0.2) is 14.3 Å². The van der Waals surface area contributed by atoms with Gasteiger partial charge in [-0.05, 0) is 30.7 Å². The summed E-state index contributed by atoms with van der Waals surface area (Å²) in [5, 5.41) is 4.82. The lowest BCUT2D eigenvalue weighted by molar-refractivity contribution is -0.156. The number of carbonyl (C=O) groups excluding carboxylic acids is 2. The molecule has 1 aliphatic rings. The molecule has 0 unspecified atom stereocenters. The number of nitrogens with zero attached hydrogens (tertiary/aromatic N) is 2. The standard InChI is InChI=1S/C19H19ClN2O5/c1-12-15(6-7-17(23)27-16-8-9-26-19(16)24)18(20)22(21-12)11-13-4-3-5-14(10-13)25-2/h3-7,10,16H,8-9,11H2,1-2H3/b7-6+/t16-/m1/s1. The van der Waals surface area contributed by atoms with Gasteiger partial charge in [0.1, 0.15) is 10.9 Å². The van der Waals surface area contributed by atoms with Crippen LogP contribution in [0.25, 0.3) is 6.08 Å². The van der Waals surface area contributed by atoms with E-state index in [9.17, 15) is 9.59 Å². The highest BCUT2D eigenvalue weighted by molar-refractivity contribution is 6.31. The van der Waals surface area contributed by atoms with Gasteiger partial charge in [0.25, 0.3) is 0 Å². The zero-order chi connectivity index (χ0) is 19.4. The highest BCUT2D eigenvalue weighted by Gasteiger charge is 2.29. The Bertz CT molecular complexity index is 890. The Morgan fingerprint density at radius 1 is 1.48 bits per heavy atom. The van der Waals surface area contributed by atoms with Crippen LogP contribution in [0.1, 0.15) is 23.2 Å². The second-order valence-electron chi connectivity index (χ2n) is 6.01. The van der Waals surface area contributed by atoms with Crippen molar-refractivity contribution in [3.63, 3.8) is 0 Å². The number of cyclic esters (lactones) is 1. The monoisotopic (exact) mass is 390 g/mol. The molecule has 1 aromatic heterocycles. The SMILES string of the molecule is COc1cccc(Cn2nc(C)c(/C=C/C(=O)O[C@@H]3CCOC3=O)c2Cl)c1. The van der Waals surface area contributed by atoms with Crippen LogP contribution in [0.4, 0.5) is 0 Å². The first-order valence-electron chi connectivity index (χ1n) is 8.39.